The molecule has 3 rings (SSSR count). The Bertz CT molecular complexity index is 845. The number of ether oxygens (including phenoxy) is 1. The Balaban J connectivity index is 1.54. The van der Waals surface area contributed by atoms with Gasteiger partial charge in [-0.15, -0.1) is 0 Å². The van der Waals surface area contributed by atoms with Crippen molar-refractivity contribution in [2.24, 2.45) is 0 Å². The molecule has 1 aliphatic carbocycles. The molecule has 2 aromatic rings. The summed E-state index contributed by atoms with van der Waals surface area (Å²) in [5.41, 5.74) is 2.22. The average Bonchev–Trinajstić information content (AvgIpc) is 3.23. The number of rotatable bonds is 9. The zero-order valence-corrected chi connectivity index (χ0v) is 17.9. The summed E-state index contributed by atoms with van der Waals surface area (Å²) in [6.45, 7) is 3.64. The van der Waals surface area contributed by atoms with E-state index in [4.69, 9.17) is 4.74 Å². The van der Waals surface area contributed by atoms with Gasteiger partial charge in [0.25, 0.3) is 11.8 Å². The molecule has 1 aliphatic rings. The first-order valence-electron chi connectivity index (χ1n) is 10.8. The molecule has 0 aliphatic heterocycles. The van der Waals surface area contributed by atoms with Gasteiger partial charge in [-0.2, -0.15) is 0 Å². The average molecular weight is 411 g/mol. The maximum absolute atomic E-state index is 12.7. The van der Waals surface area contributed by atoms with Gasteiger partial charge in [0.1, 0.15) is 12.3 Å². The van der Waals surface area contributed by atoms with Gasteiger partial charge in [0.2, 0.25) is 0 Å². The van der Waals surface area contributed by atoms with E-state index in [1.54, 1.807) is 12.1 Å². The predicted molar refractivity (Wildman–Crippen MR) is 118 cm³/mol. The number of hydrogen-bond donors (Lipinski definition) is 3. The van der Waals surface area contributed by atoms with Crippen LogP contribution in [0.1, 0.15) is 48.5 Å². The lowest BCUT2D eigenvalue weighted by molar-refractivity contribution is -0.885. The molecule has 1 atom stereocenters. The SMILES string of the molecule is CCOc1ccc(C[NH+](C)CC(=O)Nc2ccccc2C(=O)NC2CCCC2)cc1. The van der Waals surface area contributed by atoms with E-state index in [0.29, 0.717) is 24.4 Å². The quantitative estimate of drug-likeness (QED) is 0.595. The normalized spacial score (nSPS) is 14.9. The molecular formula is C24H32N3O3+. The Morgan fingerprint density at radius 3 is 2.47 bits per heavy atom. The number of carbonyl (C=O) groups excluding carboxylic acids is 2. The standard InChI is InChI=1S/C24H31N3O3/c1-3-30-20-14-12-18(13-15-20)16-27(2)17-23(28)26-22-11-7-6-10-21(22)24(29)25-19-8-4-5-9-19/h6-7,10-15,19H,3-5,8-9,16-17H2,1-2H3,(H,25,29)(H,26,28)/p+1. The van der Waals surface area contributed by atoms with Crippen LogP contribution in [0, 0.1) is 0 Å². The second-order valence-electron chi connectivity index (χ2n) is 7.94. The van der Waals surface area contributed by atoms with E-state index in [-0.39, 0.29) is 17.9 Å². The van der Waals surface area contributed by atoms with Gasteiger partial charge in [-0.3, -0.25) is 9.59 Å². The van der Waals surface area contributed by atoms with Crippen molar-refractivity contribution in [3.05, 3.63) is 59.7 Å². The molecule has 2 amide bonds. The van der Waals surface area contributed by atoms with Crippen molar-refractivity contribution in [3.63, 3.8) is 0 Å². The summed E-state index contributed by atoms with van der Waals surface area (Å²) in [4.78, 5) is 26.3. The fourth-order valence-corrected chi connectivity index (χ4v) is 3.87. The Labute approximate surface area is 178 Å². The van der Waals surface area contributed by atoms with E-state index in [0.717, 1.165) is 48.4 Å². The highest BCUT2D eigenvalue weighted by Crippen LogP contribution is 2.20. The fraction of sp³-hybridized carbons (Fsp3) is 0.417. The van der Waals surface area contributed by atoms with Gasteiger partial charge in [-0.25, -0.2) is 0 Å². The third-order valence-corrected chi connectivity index (χ3v) is 5.34. The van der Waals surface area contributed by atoms with E-state index in [9.17, 15) is 9.59 Å². The second kappa shape index (κ2) is 10.8. The van der Waals surface area contributed by atoms with E-state index < -0.39 is 0 Å². The number of carbonyl (C=O) groups is 2. The highest BCUT2D eigenvalue weighted by molar-refractivity contribution is 6.04. The Morgan fingerprint density at radius 2 is 1.77 bits per heavy atom. The molecule has 1 unspecified atom stereocenters. The molecule has 6 heteroatoms. The maximum Gasteiger partial charge on any atom is 0.279 e. The van der Waals surface area contributed by atoms with Gasteiger partial charge in [0.15, 0.2) is 6.54 Å². The number of likely N-dealkylation sites (N-methyl/N-ethyl adjacent to an activating group) is 1. The molecule has 2 aromatic carbocycles. The Hall–Kier alpha value is -2.86. The van der Waals surface area contributed by atoms with Crippen molar-refractivity contribution in [1.82, 2.24) is 5.32 Å². The molecule has 6 nitrogen and oxygen atoms in total. The summed E-state index contributed by atoms with van der Waals surface area (Å²) in [6.07, 6.45) is 4.37. The lowest BCUT2D eigenvalue weighted by Gasteiger charge is -2.17. The largest absolute Gasteiger partial charge is 0.494 e. The molecule has 1 fully saturated rings. The van der Waals surface area contributed by atoms with Crippen LogP contribution in [0.3, 0.4) is 0 Å². The number of anilines is 1. The summed E-state index contributed by atoms with van der Waals surface area (Å²) < 4.78 is 5.47. The van der Waals surface area contributed by atoms with Crippen molar-refractivity contribution in [2.75, 3.05) is 25.5 Å². The van der Waals surface area contributed by atoms with Gasteiger partial charge in [0, 0.05) is 11.6 Å². The number of hydrogen-bond acceptors (Lipinski definition) is 3. The Morgan fingerprint density at radius 1 is 1.07 bits per heavy atom. The van der Waals surface area contributed by atoms with Crippen LogP contribution in [-0.2, 0) is 11.3 Å². The predicted octanol–water partition coefficient (Wildman–Crippen LogP) is 2.41. The molecule has 0 heterocycles. The lowest BCUT2D eigenvalue weighted by atomic mass is 10.1. The molecule has 0 saturated heterocycles. The van der Waals surface area contributed by atoms with Crippen LogP contribution in [-0.4, -0.2) is 38.1 Å². The number of para-hydroxylation sites is 1. The van der Waals surface area contributed by atoms with Crippen LogP contribution in [0.2, 0.25) is 0 Å². The minimum Gasteiger partial charge on any atom is -0.494 e. The first-order chi connectivity index (χ1) is 14.5. The first kappa shape index (κ1) is 21.8. The van der Waals surface area contributed by atoms with Crippen molar-refractivity contribution in [2.45, 2.75) is 45.2 Å². The minimum atomic E-state index is -0.118. The minimum absolute atomic E-state index is 0.112. The molecule has 30 heavy (non-hydrogen) atoms. The monoisotopic (exact) mass is 410 g/mol. The van der Waals surface area contributed by atoms with Crippen LogP contribution in [0.25, 0.3) is 0 Å². The molecule has 1 saturated carbocycles. The summed E-state index contributed by atoms with van der Waals surface area (Å²) in [7, 11) is 1.98. The molecular weight excluding hydrogens is 378 g/mol. The number of nitrogens with one attached hydrogen (secondary N) is 3. The summed E-state index contributed by atoms with van der Waals surface area (Å²) in [6, 6.07) is 15.4. The summed E-state index contributed by atoms with van der Waals surface area (Å²) >= 11 is 0. The molecule has 0 spiro atoms. The van der Waals surface area contributed by atoms with Crippen LogP contribution in [0.4, 0.5) is 5.69 Å². The number of benzene rings is 2. The maximum atomic E-state index is 12.7. The van der Waals surface area contributed by atoms with E-state index in [1.807, 2.05) is 50.4 Å². The fourth-order valence-electron chi connectivity index (χ4n) is 3.87. The van der Waals surface area contributed by atoms with Crippen molar-refractivity contribution < 1.29 is 19.2 Å². The number of amides is 2. The second-order valence-corrected chi connectivity index (χ2v) is 7.94. The van der Waals surface area contributed by atoms with Crippen LogP contribution >= 0.6 is 0 Å². The number of quaternary nitrogens is 1. The first-order valence-corrected chi connectivity index (χ1v) is 10.8. The summed E-state index contributed by atoms with van der Waals surface area (Å²) in [5.74, 6) is 0.622. The highest BCUT2D eigenvalue weighted by Gasteiger charge is 2.20. The van der Waals surface area contributed by atoms with Gasteiger partial charge in [-0.1, -0.05) is 25.0 Å². The van der Waals surface area contributed by atoms with Gasteiger partial charge >= 0.3 is 0 Å². The van der Waals surface area contributed by atoms with Crippen LogP contribution in [0.15, 0.2) is 48.5 Å². The van der Waals surface area contributed by atoms with Crippen LogP contribution < -0.4 is 20.3 Å². The zero-order chi connectivity index (χ0) is 21.3. The molecule has 3 N–H and O–H groups in total. The summed E-state index contributed by atoms with van der Waals surface area (Å²) in [5, 5.41) is 6.01. The smallest absolute Gasteiger partial charge is 0.279 e. The molecule has 0 aromatic heterocycles. The molecule has 0 radical (unpaired) electrons. The third-order valence-electron chi connectivity index (χ3n) is 5.34. The molecule has 160 valence electrons. The zero-order valence-electron chi connectivity index (χ0n) is 17.9. The van der Waals surface area contributed by atoms with Crippen LogP contribution in [0.5, 0.6) is 5.75 Å². The van der Waals surface area contributed by atoms with Gasteiger partial charge < -0.3 is 20.3 Å². The van der Waals surface area contributed by atoms with E-state index in [1.165, 1.54) is 0 Å². The topological polar surface area (TPSA) is 71.9 Å². The van der Waals surface area contributed by atoms with Gasteiger partial charge in [0.05, 0.1) is 24.9 Å². The molecule has 0 bridgehead atoms. The highest BCUT2D eigenvalue weighted by atomic mass is 16.5. The van der Waals surface area contributed by atoms with Crippen molar-refractivity contribution in [3.8, 4) is 5.75 Å². The lowest BCUT2D eigenvalue weighted by Crippen LogP contribution is -3.08. The van der Waals surface area contributed by atoms with Crippen molar-refractivity contribution >= 4 is 17.5 Å². The van der Waals surface area contributed by atoms with E-state index >= 15 is 0 Å². The Kier molecular flexibility index (Phi) is 7.85. The van der Waals surface area contributed by atoms with Crippen molar-refractivity contribution in [1.29, 1.82) is 0 Å². The van der Waals surface area contributed by atoms with Gasteiger partial charge in [-0.05, 0) is 56.2 Å². The van der Waals surface area contributed by atoms with E-state index in [2.05, 4.69) is 10.6 Å². The third kappa shape index (κ3) is 6.32.